The topological polar surface area (TPSA) is 26.0 Å². The van der Waals surface area contributed by atoms with Crippen molar-refractivity contribution in [2.75, 3.05) is 0 Å². The lowest BCUT2D eigenvalue weighted by atomic mass is 10.1. The number of benzene rings is 1. The Morgan fingerprint density at radius 2 is 1.78 bits per heavy atom. The molecule has 1 unspecified atom stereocenters. The van der Waals surface area contributed by atoms with E-state index >= 15 is 0 Å². The van der Waals surface area contributed by atoms with Crippen LogP contribution in [0.5, 0.6) is 0 Å². The Hall–Kier alpha value is -1.26. The molecule has 1 fully saturated rings. The van der Waals surface area contributed by atoms with Crippen LogP contribution in [0.15, 0.2) is 30.3 Å². The molecule has 1 aliphatic carbocycles. The fourth-order valence-corrected chi connectivity index (χ4v) is 3.24. The van der Waals surface area contributed by atoms with Gasteiger partial charge in [0.05, 0.1) is 5.56 Å². The fraction of sp³-hybridized carbons (Fsp3) is 0.286. The van der Waals surface area contributed by atoms with Crippen molar-refractivity contribution in [3.8, 4) is 10.4 Å². The van der Waals surface area contributed by atoms with Gasteiger partial charge in [0.25, 0.3) is 0 Å². The summed E-state index contributed by atoms with van der Waals surface area (Å²) in [5.41, 5.74) is 6.14. The van der Waals surface area contributed by atoms with Gasteiger partial charge in [-0.3, -0.25) is 0 Å². The van der Waals surface area contributed by atoms with Crippen molar-refractivity contribution in [1.82, 2.24) is 0 Å². The molecule has 1 aromatic heterocycles. The van der Waals surface area contributed by atoms with Gasteiger partial charge in [0, 0.05) is 15.8 Å². The third-order valence-corrected chi connectivity index (χ3v) is 4.50. The number of hydrogen-bond donors (Lipinski definition) is 1. The molecule has 1 aliphatic rings. The molecule has 4 heteroatoms. The van der Waals surface area contributed by atoms with E-state index in [-0.39, 0.29) is 11.6 Å². The van der Waals surface area contributed by atoms with Gasteiger partial charge in [-0.15, -0.1) is 11.3 Å². The smallest absolute Gasteiger partial charge is 0.134 e. The van der Waals surface area contributed by atoms with Gasteiger partial charge < -0.3 is 5.73 Å². The highest BCUT2D eigenvalue weighted by molar-refractivity contribution is 7.15. The average molecular weight is 265 g/mol. The van der Waals surface area contributed by atoms with Crippen LogP contribution in [-0.2, 0) is 0 Å². The number of hydrogen-bond acceptors (Lipinski definition) is 2. The zero-order valence-electron chi connectivity index (χ0n) is 9.70. The number of thiophene rings is 1. The summed E-state index contributed by atoms with van der Waals surface area (Å²) in [5, 5.41) is 0. The summed E-state index contributed by atoms with van der Waals surface area (Å²) in [6.45, 7) is 0. The van der Waals surface area contributed by atoms with Crippen LogP contribution < -0.4 is 5.73 Å². The zero-order chi connectivity index (χ0) is 12.7. The van der Waals surface area contributed by atoms with Gasteiger partial charge >= 0.3 is 0 Å². The van der Waals surface area contributed by atoms with E-state index in [0.717, 1.165) is 17.7 Å². The summed E-state index contributed by atoms with van der Waals surface area (Å²) in [7, 11) is 0. The molecule has 3 rings (SSSR count). The fourth-order valence-electron chi connectivity index (χ4n) is 2.09. The van der Waals surface area contributed by atoms with Crippen LogP contribution in [-0.4, -0.2) is 0 Å². The van der Waals surface area contributed by atoms with E-state index in [9.17, 15) is 8.78 Å². The highest BCUT2D eigenvalue weighted by Gasteiger charge is 2.30. The van der Waals surface area contributed by atoms with Crippen LogP contribution in [0.1, 0.15) is 23.8 Å². The normalized spacial score (nSPS) is 16.8. The Bertz CT molecular complexity index is 555. The van der Waals surface area contributed by atoms with Crippen LogP contribution in [0.4, 0.5) is 8.78 Å². The predicted molar refractivity (Wildman–Crippen MR) is 69.3 cm³/mol. The molecule has 0 spiro atoms. The van der Waals surface area contributed by atoms with E-state index in [1.165, 1.54) is 29.5 Å². The third kappa shape index (κ3) is 2.06. The Labute approximate surface area is 108 Å². The summed E-state index contributed by atoms with van der Waals surface area (Å²) in [5.74, 6) is -0.506. The predicted octanol–water partition coefficient (Wildman–Crippen LogP) is 4.10. The van der Waals surface area contributed by atoms with Gasteiger partial charge in [-0.25, -0.2) is 8.78 Å². The minimum atomic E-state index is -0.525. The molecule has 0 aliphatic heterocycles. The number of halogens is 2. The molecule has 1 nitrogen and oxygen atoms in total. The lowest BCUT2D eigenvalue weighted by Crippen LogP contribution is -2.10. The lowest BCUT2D eigenvalue weighted by Gasteiger charge is -2.06. The second kappa shape index (κ2) is 4.44. The maximum Gasteiger partial charge on any atom is 0.134 e. The van der Waals surface area contributed by atoms with Crippen molar-refractivity contribution in [3.63, 3.8) is 0 Å². The Kier molecular flexibility index (Phi) is 2.92. The molecule has 1 atom stereocenters. The van der Waals surface area contributed by atoms with Crippen molar-refractivity contribution in [1.29, 1.82) is 0 Å². The van der Waals surface area contributed by atoms with Gasteiger partial charge in [0.1, 0.15) is 11.6 Å². The summed E-state index contributed by atoms with van der Waals surface area (Å²) in [4.78, 5) is 1.62. The molecule has 2 N–H and O–H groups in total. The summed E-state index contributed by atoms with van der Waals surface area (Å²) >= 11 is 1.39. The molecule has 0 amide bonds. The number of rotatable bonds is 3. The molecule has 18 heavy (non-hydrogen) atoms. The van der Waals surface area contributed by atoms with Gasteiger partial charge in [0.2, 0.25) is 0 Å². The number of nitrogens with two attached hydrogens (primary N) is 1. The van der Waals surface area contributed by atoms with E-state index in [0.29, 0.717) is 10.8 Å². The van der Waals surface area contributed by atoms with Crippen LogP contribution >= 0.6 is 11.3 Å². The van der Waals surface area contributed by atoms with E-state index in [4.69, 9.17) is 5.73 Å². The minimum absolute atomic E-state index is 0.0126. The van der Waals surface area contributed by atoms with Crippen molar-refractivity contribution in [2.45, 2.75) is 18.9 Å². The summed E-state index contributed by atoms with van der Waals surface area (Å²) in [6.07, 6.45) is 2.31. The Morgan fingerprint density at radius 3 is 2.39 bits per heavy atom. The molecule has 1 aromatic carbocycles. The van der Waals surface area contributed by atoms with E-state index in [1.54, 1.807) is 6.07 Å². The Balaban J connectivity index is 1.97. The van der Waals surface area contributed by atoms with Crippen LogP contribution in [0, 0.1) is 17.6 Å². The monoisotopic (exact) mass is 265 g/mol. The largest absolute Gasteiger partial charge is 0.323 e. The average Bonchev–Trinajstić information content (AvgIpc) is 3.08. The van der Waals surface area contributed by atoms with E-state index in [2.05, 4.69) is 0 Å². The van der Waals surface area contributed by atoms with Crippen molar-refractivity contribution in [3.05, 3.63) is 46.8 Å². The first-order valence-electron chi connectivity index (χ1n) is 5.96. The quantitative estimate of drug-likeness (QED) is 0.888. The van der Waals surface area contributed by atoms with Gasteiger partial charge in [-0.2, -0.15) is 0 Å². The van der Waals surface area contributed by atoms with Gasteiger partial charge in [-0.1, -0.05) is 6.07 Å². The molecule has 0 saturated heterocycles. The SMILES string of the molecule is NC(c1ccc(-c2c(F)cccc2F)s1)C1CC1. The first-order valence-corrected chi connectivity index (χ1v) is 6.78. The highest BCUT2D eigenvalue weighted by Crippen LogP contribution is 2.43. The maximum absolute atomic E-state index is 13.7. The molecular weight excluding hydrogens is 252 g/mol. The second-order valence-electron chi connectivity index (χ2n) is 4.66. The van der Waals surface area contributed by atoms with Gasteiger partial charge in [0.15, 0.2) is 0 Å². The molecule has 2 aromatic rings. The summed E-state index contributed by atoms with van der Waals surface area (Å²) in [6, 6.07) is 7.58. The van der Waals surface area contributed by atoms with Crippen LogP contribution in [0.25, 0.3) is 10.4 Å². The third-order valence-electron chi connectivity index (χ3n) is 3.29. The van der Waals surface area contributed by atoms with Crippen LogP contribution in [0.3, 0.4) is 0 Å². The second-order valence-corrected chi connectivity index (χ2v) is 5.78. The highest BCUT2D eigenvalue weighted by atomic mass is 32.1. The zero-order valence-corrected chi connectivity index (χ0v) is 10.5. The first-order chi connectivity index (χ1) is 8.66. The molecule has 0 radical (unpaired) electrons. The van der Waals surface area contributed by atoms with Crippen molar-refractivity contribution in [2.24, 2.45) is 11.7 Å². The maximum atomic E-state index is 13.7. The Morgan fingerprint density at radius 1 is 1.11 bits per heavy atom. The molecular formula is C14H13F2NS. The van der Waals surface area contributed by atoms with E-state index in [1.807, 2.05) is 6.07 Å². The van der Waals surface area contributed by atoms with Crippen molar-refractivity contribution < 1.29 is 8.78 Å². The first kappa shape index (κ1) is 11.8. The molecule has 1 saturated carbocycles. The van der Waals surface area contributed by atoms with Crippen molar-refractivity contribution >= 4 is 11.3 Å². The minimum Gasteiger partial charge on any atom is -0.323 e. The van der Waals surface area contributed by atoms with E-state index < -0.39 is 11.6 Å². The lowest BCUT2D eigenvalue weighted by molar-refractivity contribution is 0.590. The van der Waals surface area contributed by atoms with Gasteiger partial charge in [-0.05, 0) is 43.0 Å². The van der Waals surface area contributed by atoms with Crippen LogP contribution in [0.2, 0.25) is 0 Å². The molecule has 94 valence electrons. The molecule has 0 bridgehead atoms. The molecule has 1 heterocycles. The standard InChI is InChI=1S/C14H13F2NS/c15-9-2-1-3-10(16)13(9)11-6-7-12(18-11)14(17)8-4-5-8/h1-3,6-8,14H,4-5,17H2. The summed E-state index contributed by atoms with van der Waals surface area (Å²) < 4.78 is 27.3.